The van der Waals surface area contributed by atoms with E-state index < -0.39 is 36.2 Å². The summed E-state index contributed by atoms with van der Waals surface area (Å²) in [6, 6.07) is 26.5. The summed E-state index contributed by atoms with van der Waals surface area (Å²) in [4.78, 5) is 27.3. The van der Waals surface area contributed by atoms with Gasteiger partial charge in [0.1, 0.15) is 0 Å². The first-order valence-corrected chi connectivity index (χ1v) is 11.2. The second-order valence-corrected chi connectivity index (χ2v) is 8.16. The van der Waals surface area contributed by atoms with Crippen molar-refractivity contribution < 1.29 is 22.8 Å². The van der Waals surface area contributed by atoms with Crippen LogP contribution in [0.3, 0.4) is 0 Å². The van der Waals surface area contributed by atoms with E-state index in [0.717, 1.165) is 16.7 Å². The minimum Gasteiger partial charge on any atom is -0.352 e. The Balaban J connectivity index is 1.85. The molecule has 2 amide bonds. The van der Waals surface area contributed by atoms with Gasteiger partial charge in [-0.15, -0.1) is 0 Å². The molecular formula is C28H27F3N2O2. The van der Waals surface area contributed by atoms with E-state index in [1.54, 1.807) is 49.4 Å². The highest BCUT2D eigenvalue weighted by atomic mass is 19.4. The minimum atomic E-state index is -4.72. The lowest BCUT2D eigenvalue weighted by atomic mass is 10.0. The van der Waals surface area contributed by atoms with Crippen LogP contribution in [0.4, 0.5) is 13.2 Å². The van der Waals surface area contributed by atoms with E-state index in [9.17, 15) is 22.8 Å². The molecule has 0 aliphatic carbocycles. The first-order valence-electron chi connectivity index (χ1n) is 11.2. The fourth-order valence-electron chi connectivity index (χ4n) is 3.68. The topological polar surface area (TPSA) is 49.4 Å². The largest absolute Gasteiger partial charge is 0.410 e. The molecule has 35 heavy (non-hydrogen) atoms. The predicted octanol–water partition coefficient (Wildman–Crippen LogP) is 5.62. The number of amides is 2. The monoisotopic (exact) mass is 480 g/mol. The van der Waals surface area contributed by atoms with Gasteiger partial charge in [-0.1, -0.05) is 91.0 Å². The van der Waals surface area contributed by atoms with E-state index in [0.29, 0.717) is 0 Å². The summed E-state index contributed by atoms with van der Waals surface area (Å²) < 4.78 is 40.2. The van der Waals surface area contributed by atoms with Crippen molar-refractivity contribution in [2.45, 2.75) is 32.1 Å². The van der Waals surface area contributed by atoms with Crippen LogP contribution in [0.1, 0.15) is 29.7 Å². The van der Waals surface area contributed by atoms with Crippen LogP contribution in [-0.4, -0.2) is 29.4 Å². The summed E-state index contributed by atoms with van der Waals surface area (Å²) in [6.07, 6.45) is -4.74. The molecule has 1 N–H and O–H groups in total. The predicted molar refractivity (Wildman–Crippen MR) is 129 cm³/mol. The molecular weight excluding hydrogens is 453 g/mol. The molecule has 1 atom stereocenters. The van der Waals surface area contributed by atoms with Crippen molar-refractivity contribution >= 4 is 11.8 Å². The molecule has 3 aromatic rings. The molecule has 0 aromatic heterocycles. The van der Waals surface area contributed by atoms with Gasteiger partial charge in [-0.25, -0.2) is 0 Å². The van der Waals surface area contributed by atoms with Gasteiger partial charge in [-0.3, -0.25) is 9.59 Å². The highest BCUT2D eigenvalue weighted by Gasteiger charge is 2.31. The van der Waals surface area contributed by atoms with Crippen LogP contribution < -0.4 is 5.32 Å². The smallest absolute Gasteiger partial charge is 0.352 e. The molecule has 0 saturated heterocycles. The van der Waals surface area contributed by atoms with Gasteiger partial charge in [0.05, 0.1) is 12.5 Å². The van der Waals surface area contributed by atoms with Crippen LogP contribution >= 0.6 is 0 Å². The highest BCUT2D eigenvalue weighted by Crippen LogP contribution is 2.26. The number of hydrogen-bond donors (Lipinski definition) is 1. The first kappa shape index (κ1) is 25.7. The average molecular weight is 481 g/mol. The Bertz CT molecular complexity index is 1130. The van der Waals surface area contributed by atoms with Crippen molar-refractivity contribution in [1.29, 1.82) is 0 Å². The number of alkyl halides is 3. The van der Waals surface area contributed by atoms with Crippen LogP contribution in [0, 0.1) is 0 Å². The molecule has 0 aliphatic rings. The molecule has 3 aromatic carbocycles. The van der Waals surface area contributed by atoms with Crippen molar-refractivity contribution in [3.63, 3.8) is 0 Å². The number of benzene rings is 3. The zero-order valence-corrected chi connectivity index (χ0v) is 19.3. The van der Waals surface area contributed by atoms with E-state index >= 15 is 0 Å². The second-order valence-electron chi connectivity index (χ2n) is 8.16. The Labute approximate surface area is 203 Å². The molecule has 0 fully saturated rings. The van der Waals surface area contributed by atoms with Gasteiger partial charge in [-0.2, -0.15) is 13.2 Å². The lowest BCUT2D eigenvalue weighted by Crippen LogP contribution is -2.38. The number of hydrogen-bond acceptors (Lipinski definition) is 2. The number of nitrogens with zero attached hydrogens (tertiary/aromatic N) is 1. The molecule has 1 unspecified atom stereocenters. The van der Waals surface area contributed by atoms with Gasteiger partial charge in [0.25, 0.3) is 5.91 Å². The van der Waals surface area contributed by atoms with Gasteiger partial charge >= 0.3 is 6.18 Å². The zero-order valence-electron chi connectivity index (χ0n) is 19.3. The number of carbonyl (C=O) groups is 2. The number of carbonyl (C=O) groups excluding carboxylic acids is 2. The fraction of sp³-hybridized carbons (Fsp3) is 0.214. The Morgan fingerprint density at radius 3 is 1.91 bits per heavy atom. The molecule has 0 radical (unpaired) electrons. The molecule has 0 spiro atoms. The summed E-state index contributed by atoms with van der Waals surface area (Å²) >= 11 is 0. The summed E-state index contributed by atoms with van der Waals surface area (Å²) in [7, 11) is 0. The summed E-state index contributed by atoms with van der Waals surface area (Å²) in [5, 5.41) is 2.48. The van der Waals surface area contributed by atoms with E-state index in [1.165, 1.54) is 4.90 Å². The van der Waals surface area contributed by atoms with Gasteiger partial charge in [0.2, 0.25) is 5.91 Å². The molecule has 3 rings (SSSR count). The quantitative estimate of drug-likeness (QED) is 0.404. The number of allylic oxidation sites excluding steroid dienone is 1. The SMILES string of the molecule is CC(c1ccccc1)N(Cc1ccccc1)C(=O)/C(=C/C(F)(F)F)CNC(=O)Cc1ccccc1. The van der Waals surface area contributed by atoms with Gasteiger partial charge in [0, 0.05) is 24.7 Å². The third kappa shape index (κ3) is 8.14. The normalized spacial score (nSPS) is 12.6. The van der Waals surface area contributed by atoms with Gasteiger partial charge in [-0.05, 0) is 23.6 Å². The fourth-order valence-corrected chi connectivity index (χ4v) is 3.68. The van der Waals surface area contributed by atoms with Crippen LogP contribution in [0.15, 0.2) is 103 Å². The first-order chi connectivity index (χ1) is 16.7. The van der Waals surface area contributed by atoms with Crippen LogP contribution in [0.5, 0.6) is 0 Å². The highest BCUT2D eigenvalue weighted by molar-refractivity contribution is 5.95. The van der Waals surface area contributed by atoms with E-state index in [4.69, 9.17) is 0 Å². The summed E-state index contributed by atoms with van der Waals surface area (Å²) in [5.74, 6) is -1.26. The van der Waals surface area contributed by atoms with Gasteiger partial charge < -0.3 is 10.2 Å². The third-order valence-corrected chi connectivity index (χ3v) is 5.50. The van der Waals surface area contributed by atoms with Crippen molar-refractivity contribution in [1.82, 2.24) is 10.2 Å². The van der Waals surface area contributed by atoms with Gasteiger partial charge in [0.15, 0.2) is 0 Å². The van der Waals surface area contributed by atoms with E-state index in [2.05, 4.69) is 5.32 Å². The van der Waals surface area contributed by atoms with Crippen LogP contribution in [0.25, 0.3) is 0 Å². The average Bonchev–Trinajstić information content (AvgIpc) is 2.85. The molecule has 7 heteroatoms. The lowest BCUT2D eigenvalue weighted by molar-refractivity contribution is -0.131. The van der Waals surface area contributed by atoms with Crippen molar-refractivity contribution in [3.8, 4) is 0 Å². The molecule has 182 valence electrons. The molecule has 0 saturated carbocycles. The third-order valence-electron chi connectivity index (χ3n) is 5.50. The maximum atomic E-state index is 13.5. The molecule has 0 bridgehead atoms. The number of nitrogens with one attached hydrogen (secondary N) is 1. The zero-order chi connectivity index (χ0) is 25.3. The Morgan fingerprint density at radius 1 is 0.857 bits per heavy atom. The summed E-state index contributed by atoms with van der Waals surface area (Å²) in [6.45, 7) is 1.36. The minimum absolute atomic E-state index is 0.00246. The number of halogens is 3. The van der Waals surface area contributed by atoms with Crippen LogP contribution in [0.2, 0.25) is 0 Å². The van der Waals surface area contributed by atoms with Crippen LogP contribution in [-0.2, 0) is 22.6 Å². The number of rotatable bonds is 9. The maximum Gasteiger partial charge on any atom is 0.410 e. The standard InChI is InChI=1S/C28H27F3N2O2/c1-21(24-15-9-4-10-16-24)33(20-23-13-7-3-8-14-23)27(35)25(18-28(29,30)31)19-32-26(34)17-22-11-5-2-6-12-22/h2-16,18,21H,17,19-20H2,1H3,(H,32,34)/b25-18+. The Hall–Kier alpha value is -3.87. The van der Waals surface area contributed by atoms with Crippen molar-refractivity contribution in [2.24, 2.45) is 0 Å². The van der Waals surface area contributed by atoms with E-state index in [1.807, 2.05) is 48.5 Å². The Kier molecular flexibility index (Phi) is 8.84. The summed E-state index contributed by atoms with van der Waals surface area (Å²) in [5.41, 5.74) is 1.76. The molecule has 0 aliphatic heterocycles. The Morgan fingerprint density at radius 2 is 1.37 bits per heavy atom. The maximum absolute atomic E-state index is 13.5. The second kappa shape index (κ2) is 12.0. The molecule has 0 heterocycles. The van der Waals surface area contributed by atoms with Crippen molar-refractivity contribution in [3.05, 3.63) is 119 Å². The van der Waals surface area contributed by atoms with E-state index in [-0.39, 0.29) is 19.0 Å². The molecule has 4 nitrogen and oxygen atoms in total. The lowest BCUT2D eigenvalue weighted by Gasteiger charge is -2.31. The van der Waals surface area contributed by atoms with Crippen molar-refractivity contribution in [2.75, 3.05) is 6.54 Å².